The molecule has 0 aliphatic carbocycles. The molecule has 0 spiro atoms. The third-order valence-corrected chi connectivity index (χ3v) is 1.44. The van der Waals surface area contributed by atoms with E-state index in [1.807, 2.05) is 30.3 Å². The van der Waals surface area contributed by atoms with E-state index in [-0.39, 0.29) is 6.61 Å². The second-order valence-corrected chi connectivity index (χ2v) is 2.43. The fraction of sp³-hybridized carbons (Fsp3) is 0.333. The van der Waals surface area contributed by atoms with Gasteiger partial charge in [-0.05, 0) is 5.56 Å². The van der Waals surface area contributed by atoms with Gasteiger partial charge in [-0.3, -0.25) is 0 Å². The number of rotatable bonds is 4. The van der Waals surface area contributed by atoms with Gasteiger partial charge in [-0.1, -0.05) is 30.3 Å². The summed E-state index contributed by atoms with van der Waals surface area (Å²) in [5, 5.41) is 17.3. The standard InChI is InChI=1S/C9H12O3/c10-6-9(11)12-7-8-4-2-1-3-5-8/h1-5,9-11H,6-7H2/t9-/m0/s1. The van der Waals surface area contributed by atoms with Gasteiger partial charge in [0.2, 0.25) is 0 Å². The number of aliphatic hydroxyl groups excluding tert-OH is 2. The zero-order chi connectivity index (χ0) is 8.81. The van der Waals surface area contributed by atoms with Gasteiger partial charge in [-0.15, -0.1) is 0 Å². The van der Waals surface area contributed by atoms with Gasteiger partial charge in [0.05, 0.1) is 13.2 Å². The van der Waals surface area contributed by atoms with Gasteiger partial charge in [0.1, 0.15) is 0 Å². The molecule has 1 aromatic carbocycles. The lowest BCUT2D eigenvalue weighted by Gasteiger charge is -2.08. The van der Waals surface area contributed by atoms with Gasteiger partial charge < -0.3 is 14.9 Å². The third-order valence-electron chi connectivity index (χ3n) is 1.44. The Morgan fingerprint density at radius 3 is 2.50 bits per heavy atom. The fourth-order valence-electron chi connectivity index (χ4n) is 0.819. The maximum absolute atomic E-state index is 8.85. The third kappa shape index (κ3) is 3.00. The minimum atomic E-state index is -1.08. The van der Waals surface area contributed by atoms with Crippen molar-refractivity contribution >= 4 is 0 Å². The van der Waals surface area contributed by atoms with Gasteiger partial charge in [0.15, 0.2) is 6.29 Å². The van der Waals surface area contributed by atoms with Crippen LogP contribution in [0.15, 0.2) is 30.3 Å². The summed E-state index contributed by atoms with van der Waals surface area (Å²) in [6.07, 6.45) is -1.08. The van der Waals surface area contributed by atoms with E-state index >= 15 is 0 Å². The Kier molecular flexibility index (Phi) is 3.73. The van der Waals surface area contributed by atoms with Gasteiger partial charge in [-0.2, -0.15) is 0 Å². The number of ether oxygens (including phenoxy) is 1. The van der Waals surface area contributed by atoms with E-state index in [0.29, 0.717) is 6.61 Å². The molecule has 0 unspecified atom stereocenters. The van der Waals surface area contributed by atoms with Crippen molar-refractivity contribution in [2.45, 2.75) is 12.9 Å². The Bertz CT molecular complexity index is 210. The monoisotopic (exact) mass is 168 g/mol. The van der Waals surface area contributed by atoms with Gasteiger partial charge in [0.25, 0.3) is 0 Å². The van der Waals surface area contributed by atoms with Crippen LogP contribution in [0.1, 0.15) is 5.56 Å². The summed E-state index contributed by atoms with van der Waals surface area (Å²) >= 11 is 0. The molecule has 0 saturated heterocycles. The smallest absolute Gasteiger partial charge is 0.178 e. The first-order valence-corrected chi connectivity index (χ1v) is 3.77. The van der Waals surface area contributed by atoms with E-state index < -0.39 is 6.29 Å². The molecule has 0 radical (unpaired) electrons. The molecule has 1 aromatic rings. The van der Waals surface area contributed by atoms with Crippen LogP contribution in [-0.4, -0.2) is 23.1 Å². The Labute approximate surface area is 71.2 Å². The normalized spacial score (nSPS) is 12.8. The Hall–Kier alpha value is -0.900. The molecule has 1 rings (SSSR count). The van der Waals surface area contributed by atoms with E-state index in [2.05, 4.69) is 0 Å². The van der Waals surface area contributed by atoms with Crippen LogP contribution in [0.3, 0.4) is 0 Å². The SMILES string of the molecule is OC[C@@H](O)OCc1ccccc1. The summed E-state index contributed by atoms with van der Waals surface area (Å²) < 4.78 is 4.88. The minimum absolute atomic E-state index is 0.322. The predicted molar refractivity (Wildman–Crippen MR) is 44.3 cm³/mol. The summed E-state index contributed by atoms with van der Waals surface area (Å²) in [5.74, 6) is 0. The highest BCUT2D eigenvalue weighted by molar-refractivity contribution is 5.13. The predicted octanol–water partition coefficient (Wildman–Crippen LogP) is 0.514. The highest BCUT2D eigenvalue weighted by Gasteiger charge is 2.00. The largest absolute Gasteiger partial charge is 0.391 e. The van der Waals surface area contributed by atoms with Crippen LogP contribution in [-0.2, 0) is 11.3 Å². The molecule has 0 aliphatic rings. The summed E-state index contributed by atoms with van der Waals surface area (Å²) in [6, 6.07) is 9.48. The molecule has 2 N–H and O–H groups in total. The maximum atomic E-state index is 8.85. The summed E-state index contributed by atoms with van der Waals surface area (Å²) in [4.78, 5) is 0. The van der Waals surface area contributed by atoms with Crippen LogP contribution in [0.2, 0.25) is 0 Å². The Morgan fingerprint density at radius 1 is 1.25 bits per heavy atom. The highest BCUT2D eigenvalue weighted by Crippen LogP contribution is 2.01. The van der Waals surface area contributed by atoms with Crippen LogP contribution in [0.5, 0.6) is 0 Å². The summed E-state index contributed by atoms with van der Waals surface area (Å²) in [6.45, 7) is -0.0462. The van der Waals surface area contributed by atoms with E-state index in [4.69, 9.17) is 14.9 Å². The van der Waals surface area contributed by atoms with Crippen LogP contribution < -0.4 is 0 Å². The van der Waals surface area contributed by atoms with Gasteiger partial charge >= 0.3 is 0 Å². The van der Waals surface area contributed by atoms with Crippen molar-refractivity contribution in [1.82, 2.24) is 0 Å². The molecule has 66 valence electrons. The van der Waals surface area contributed by atoms with Crippen molar-refractivity contribution in [3.05, 3.63) is 35.9 Å². The van der Waals surface area contributed by atoms with E-state index in [9.17, 15) is 0 Å². The minimum Gasteiger partial charge on any atom is -0.391 e. The second-order valence-electron chi connectivity index (χ2n) is 2.43. The molecular weight excluding hydrogens is 156 g/mol. The second kappa shape index (κ2) is 4.87. The lowest BCUT2D eigenvalue weighted by Crippen LogP contribution is -2.15. The maximum Gasteiger partial charge on any atom is 0.178 e. The summed E-state index contributed by atoms with van der Waals surface area (Å²) in [7, 11) is 0. The van der Waals surface area contributed by atoms with Crippen molar-refractivity contribution < 1.29 is 14.9 Å². The number of benzene rings is 1. The number of hydrogen-bond donors (Lipinski definition) is 2. The summed E-state index contributed by atoms with van der Waals surface area (Å²) in [5.41, 5.74) is 0.977. The first-order valence-electron chi connectivity index (χ1n) is 3.77. The molecule has 0 aromatic heterocycles. The van der Waals surface area contributed by atoms with Crippen LogP contribution in [0.4, 0.5) is 0 Å². The highest BCUT2D eigenvalue weighted by atomic mass is 16.6. The van der Waals surface area contributed by atoms with Gasteiger partial charge in [-0.25, -0.2) is 0 Å². The van der Waals surface area contributed by atoms with Crippen molar-refractivity contribution in [2.75, 3.05) is 6.61 Å². The van der Waals surface area contributed by atoms with Crippen LogP contribution >= 0.6 is 0 Å². The lowest BCUT2D eigenvalue weighted by atomic mass is 10.2. The molecule has 0 heterocycles. The lowest BCUT2D eigenvalue weighted by molar-refractivity contribution is -0.132. The fourth-order valence-corrected chi connectivity index (χ4v) is 0.819. The Balaban J connectivity index is 2.33. The molecule has 0 bridgehead atoms. The van der Waals surface area contributed by atoms with Crippen molar-refractivity contribution in [2.24, 2.45) is 0 Å². The molecule has 12 heavy (non-hydrogen) atoms. The van der Waals surface area contributed by atoms with E-state index in [1.165, 1.54) is 0 Å². The molecule has 3 heteroatoms. The topological polar surface area (TPSA) is 49.7 Å². The first kappa shape index (κ1) is 9.19. The molecule has 0 saturated carbocycles. The van der Waals surface area contributed by atoms with E-state index in [0.717, 1.165) is 5.56 Å². The molecule has 0 fully saturated rings. The molecule has 3 nitrogen and oxygen atoms in total. The van der Waals surface area contributed by atoms with Crippen LogP contribution in [0.25, 0.3) is 0 Å². The Morgan fingerprint density at radius 2 is 1.92 bits per heavy atom. The zero-order valence-electron chi connectivity index (χ0n) is 6.68. The van der Waals surface area contributed by atoms with E-state index in [1.54, 1.807) is 0 Å². The zero-order valence-corrected chi connectivity index (χ0v) is 6.68. The first-order chi connectivity index (χ1) is 5.83. The molecule has 0 amide bonds. The van der Waals surface area contributed by atoms with Gasteiger partial charge in [0, 0.05) is 0 Å². The number of hydrogen-bond acceptors (Lipinski definition) is 3. The van der Waals surface area contributed by atoms with Crippen molar-refractivity contribution in [1.29, 1.82) is 0 Å². The quantitative estimate of drug-likeness (QED) is 0.644. The molecular formula is C9H12O3. The van der Waals surface area contributed by atoms with Crippen molar-refractivity contribution in [3.8, 4) is 0 Å². The average Bonchev–Trinajstić information content (AvgIpc) is 2.16. The molecule has 0 aliphatic heterocycles. The van der Waals surface area contributed by atoms with Crippen molar-refractivity contribution in [3.63, 3.8) is 0 Å². The molecule has 1 atom stereocenters. The van der Waals surface area contributed by atoms with Crippen LogP contribution in [0, 0.1) is 0 Å². The number of aliphatic hydroxyl groups is 2. The average molecular weight is 168 g/mol.